The van der Waals surface area contributed by atoms with Gasteiger partial charge in [-0.2, -0.15) is 0 Å². The summed E-state index contributed by atoms with van der Waals surface area (Å²) in [6, 6.07) is 0. The lowest BCUT2D eigenvalue weighted by Crippen LogP contribution is -2.80. The summed E-state index contributed by atoms with van der Waals surface area (Å²) in [5.41, 5.74) is -3.09. The zero-order valence-electron chi connectivity index (χ0n) is 14.2. The van der Waals surface area contributed by atoms with Crippen LogP contribution in [0.3, 0.4) is 0 Å². The van der Waals surface area contributed by atoms with Gasteiger partial charge >= 0.3 is 0 Å². The van der Waals surface area contributed by atoms with Gasteiger partial charge < -0.3 is 49.6 Å². The molecule has 6 N–H and O–H groups in total. The molecule has 10 heteroatoms. The first-order chi connectivity index (χ1) is 12.2. The minimum absolute atomic E-state index is 0.139. The van der Waals surface area contributed by atoms with Crippen LogP contribution in [0, 0.1) is 11.3 Å². The molecule has 11 atom stereocenters. The Balaban J connectivity index is 1.50. The van der Waals surface area contributed by atoms with E-state index in [4.69, 9.17) is 18.9 Å². The Kier molecular flexibility index (Phi) is 3.37. The number of aliphatic hydroxyl groups excluding tert-OH is 5. The fourth-order valence-electron chi connectivity index (χ4n) is 6.06. The predicted octanol–water partition coefficient (Wildman–Crippen LogP) is -3.22. The monoisotopic (exact) mass is 376 g/mol. The smallest absolute Gasteiger partial charge is 0.187 e. The van der Waals surface area contributed by atoms with Gasteiger partial charge in [0.15, 0.2) is 18.4 Å². The molecule has 148 valence electrons. The van der Waals surface area contributed by atoms with Gasteiger partial charge in [0, 0.05) is 12.3 Å². The van der Waals surface area contributed by atoms with Crippen LogP contribution in [0.1, 0.15) is 19.8 Å². The first kappa shape index (κ1) is 17.7. The third kappa shape index (κ3) is 1.61. The van der Waals surface area contributed by atoms with E-state index in [1.807, 2.05) is 0 Å². The molecule has 0 amide bonds. The molecular weight excluding hydrogens is 352 g/mol. The third-order valence-electron chi connectivity index (χ3n) is 7.38. The zero-order valence-corrected chi connectivity index (χ0v) is 14.2. The maximum absolute atomic E-state index is 10.8. The fourth-order valence-corrected chi connectivity index (χ4v) is 6.06. The van der Waals surface area contributed by atoms with Crippen LogP contribution < -0.4 is 0 Å². The SMILES string of the molecule is C[C@@]12C[C@@]3(O)OC(O1)[C@]1(CO)[C@H]3C[C@]21O[C@@H]1O[C@H](CO)[C@@H](O)[C@H](O)[C@H]1O. The van der Waals surface area contributed by atoms with Crippen molar-refractivity contribution in [3.05, 3.63) is 0 Å². The van der Waals surface area contributed by atoms with Crippen LogP contribution in [0.4, 0.5) is 0 Å². The van der Waals surface area contributed by atoms with Gasteiger partial charge in [0.25, 0.3) is 0 Å². The lowest BCUT2D eigenvalue weighted by atomic mass is 9.41. The Labute approximate surface area is 148 Å². The van der Waals surface area contributed by atoms with Crippen LogP contribution in [0.25, 0.3) is 0 Å². The van der Waals surface area contributed by atoms with Crippen LogP contribution in [0.5, 0.6) is 0 Å². The van der Waals surface area contributed by atoms with Crippen LogP contribution in [-0.2, 0) is 18.9 Å². The van der Waals surface area contributed by atoms with Crippen molar-refractivity contribution >= 4 is 0 Å². The minimum atomic E-state index is -1.56. The maximum atomic E-state index is 10.8. The second-order valence-corrected chi connectivity index (χ2v) is 8.42. The van der Waals surface area contributed by atoms with Gasteiger partial charge in [0.1, 0.15) is 35.6 Å². The summed E-state index contributed by atoms with van der Waals surface area (Å²) in [6.07, 6.45) is -7.43. The average molecular weight is 376 g/mol. The maximum Gasteiger partial charge on any atom is 0.187 e. The van der Waals surface area contributed by atoms with Gasteiger partial charge in [0.05, 0.1) is 18.6 Å². The van der Waals surface area contributed by atoms with Crippen LogP contribution in [-0.4, -0.2) is 97.8 Å². The van der Waals surface area contributed by atoms with E-state index >= 15 is 0 Å². The second-order valence-electron chi connectivity index (χ2n) is 8.42. The number of ether oxygens (including phenoxy) is 4. The van der Waals surface area contributed by atoms with E-state index in [1.165, 1.54) is 0 Å². The summed E-state index contributed by atoms with van der Waals surface area (Å²) in [4.78, 5) is 0. The van der Waals surface area contributed by atoms with Crippen molar-refractivity contribution in [3.8, 4) is 0 Å². The summed E-state index contributed by atoms with van der Waals surface area (Å²) in [6.45, 7) is 0.840. The molecule has 0 aromatic carbocycles. The number of hydrogen-bond acceptors (Lipinski definition) is 10. The molecule has 3 saturated carbocycles. The highest BCUT2D eigenvalue weighted by Crippen LogP contribution is 2.81. The van der Waals surface area contributed by atoms with Gasteiger partial charge in [-0.1, -0.05) is 0 Å². The number of rotatable bonds is 4. The van der Waals surface area contributed by atoms with E-state index in [0.29, 0.717) is 6.42 Å². The van der Waals surface area contributed by atoms with E-state index in [2.05, 4.69) is 0 Å². The first-order valence-corrected chi connectivity index (χ1v) is 8.85. The molecule has 3 aliphatic carbocycles. The van der Waals surface area contributed by atoms with E-state index in [1.54, 1.807) is 6.92 Å². The summed E-state index contributed by atoms with van der Waals surface area (Å²) in [5.74, 6) is -1.77. The van der Waals surface area contributed by atoms with Crippen molar-refractivity contribution in [2.75, 3.05) is 13.2 Å². The lowest BCUT2D eigenvalue weighted by Gasteiger charge is -2.67. The molecule has 7 rings (SSSR count). The van der Waals surface area contributed by atoms with Gasteiger partial charge in [-0.3, -0.25) is 0 Å². The topological polar surface area (TPSA) is 158 Å². The Hall–Kier alpha value is -0.400. The Bertz CT molecular complexity index is 630. The molecule has 4 saturated heterocycles. The minimum Gasteiger partial charge on any atom is -0.395 e. The third-order valence-corrected chi connectivity index (χ3v) is 7.38. The molecule has 0 spiro atoms. The van der Waals surface area contributed by atoms with E-state index in [0.717, 1.165) is 0 Å². The van der Waals surface area contributed by atoms with Crippen molar-refractivity contribution in [2.24, 2.45) is 11.3 Å². The molecule has 26 heavy (non-hydrogen) atoms. The van der Waals surface area contributed by atoms with Gasteiger partial charge in [-0.15, -0.1) is 0 Å². The lowest BCUT2D eigenvalue weighted by molar-refractivity contribution is -0.424. The first-order valence-electron chi connectivity index (χ1n) is 8.85. The summed E-state index contributed by atoms with van der Waals surface area (Å²) in [7, 11) is 0. The van der Waals surface area contributed by atoms with E-state index in [9.17, 15) is 30.6 Å². The van der Waals surface area contributed by atoms with Crippen molar-refractivity contribution < 1.29 is 49.6 Å². The second kappa shape index (κ2) is 4.95. The van der Waals surface area contributed by atoms with Crippen LogP contribution in [0.15, 0.2) is 0 Å². The zero-order chi connectivity index (χ0) is 18.7. The van der Waals surface area contributed by atoms with Crippen molar-refractivity contribution in [1.29, 1.82) is 0 Å². The number of aliphatic hydroxyl groups is 6. The Morgan fingerprint density at radius 1 is 1.08 bits per heavy atom. The number of hydrogen-bond donors (Lipinski definition) is 6. The largest absolute Gasteiger partial charge is 0.395 e. The molecular formula is C16H24O10. The van der Waals surface area contributed by atoms with Crippen LogP contribution in [0.2, 0.25) is 0 Å². The van der Waals surface area contributed by atoms with Crippen LogP contribution >= 0.6 is 0 Å². The average Bonchev–Trinajstić information content (AvgIpc) is 2.77. The molecule has 10 nitrogen and oxygen atoms in total. The quantitative estimate of drug-likeness (QED) is 0.295. The fraction of sp³-hybridized carbons (Fsp3) is 1.00. The highest BCUT2D eigenvalue weighted by molar-refractivity contribution is 5.37. The van der Waals surface area contributed by atoms with Gasteiger partial charge in [0.2, 0.25) is 0 Å². The highest BCUT2D eigenvalue weighted by Gasteiger charge is 2.94. The summed E-state index contributed by atoms with van der Waals surface area (Å²) >= 11 is 0. The van der Waals surface area contributed by atoms with Crippen molar-refractivity contribution in [3.63, 3.8) is 0 Å². The molecule has 4 aliphatic heterocycles. The molecule has 7 fully saturated rings. The molecule has 6 bridgehead atoms. The Morgan fingerprint density at radius 2 is 1.81 bits per heavy atom. The van der Waals surface area contributed by atoms with Crippen molar-refractivity contribution in [1.82, 2.24) is 0 Å². The molecule has 1 unspecified atom stereocenters. The highest BCUT2D eigenvalue weighted by atomic mass is 16.8. The Morgan fingerprint density at radius 3 is 2.46 bits per heavy atom. The standard InChI is InChI=1S/C16H24O10/c1-13-4-15(22)7-2-16(13,14(7,5-18)12(25-13)26-15)24-11-10(21)9(20)8(19)6(3-17)23-11/h6-12,17-22H,2-5H2,1H3/t6-,7-,8-,9+,10-,11+,12?,13+,14+,15-,16+/m1/s1. The molecule has 4 heterocycles. The van der Waals surface area contributed by atoms with Crippen molar-refractivity contribution in [2.45, 2.75) is 73.8 Å². The molecule has 0 aromatic heterocycles. The summed E-state index contributed by atoms with van der Waals surface area (Å²) < 4.78 is 23.2. The molecule has 0 radical (unpaired) electrons. The predicted molar refractivity (Wildman–Crippen MR) is 79.1 cm³/mol. The summed E-state index contributed by atoms with van der Waals surface area (Å²) in [5, 5.41) is 60.6. The molecule has 0 aromatic rings. The van der Waals surface area contributed by atoms with Gasteiger partial charge in [-0.05, 0) is 13.3 Å². The van der Waals surface area contributed by atoms with E-state index in [-0.39, 0.29) is 18.9 Å². The normalized spacial score (nSPS) is 65.4. The van der Waals surface area contributed by atoms with E-state index < -0.39 is 66.0 Å². The van der Waals surface area contributed by atoms with Gasteiger partial charge in [-0.25, -0.2) is 0 Å². The molecule has 7 aliphatic rings.